The Hall–Kier alpha value is -0.900. The van der Waals surface area contributed by atoms with Crippen LogP contribution in [0.2, 0.25) is 0 Å². The number of piperidine rings is 1. The number of aliphatic hydroxyl groups excluding tert-OH is 1. The predicted molar refractivity (Wildman–Crippen MR) is 83.7 cm³/mol. The quantitative estimate of drug-likeness (QED) is 0.803. The summed E-state index contributed by atoms with van der Waals surface area (Å²) in [5, 5.41) is 12.9. The second-order valence-corrected chi connectivity index (χ2v) is 5.70. The Balaban J connectivity index is 2.03. The summed E-state index contributed by atoms with van der Waals surface area (Å²) in [6.07, 6.45) is 4.69. The average molecular weight is 276 g/mol. The van der Waals surface area contributed by atoms with Gasteiger partial charge in [0.25, 0.3) is 0 Å². The maximum atomic E-state index is 9.31. The fraction of sp³-hybridized carbons (Fsp3) is 0.647. The number of likely N-dealkylation sites (tertiary alicyclic amines) is 1. The third kappa shape index (κ3) is 4.30. The zero-order valence-corrected chi connectivity index (χ0v) is 12.6. The smallest absolute Gasteiger partial charge is 0.0446 e. The number of nitrogens with zero attached hydrogens (tertiary/aromatic N) is 1. The summed E-state index contributed by atoms with van der Waals surface area (Å²) in [7, 11) is 0. The minimum atomic E-state index is 0.271. The fourth-order valence-corrected chi connectivity index (χ4v) is 3.32. The van der Waals surface area contributed by atoms with Gasteiger partial charge in [-0.25, -0.2) is 0 Å². The van der Waals surface area contributed by atoms with Crippen molar-refractivity contribution < 1.29 is 5.11 Å². The van der Waals surface area contributed by atoms with Gasteiger partial charge in [-0.2, -0.15) is 0 Å². The molecule has 0 amide bonds. The maximum Gasteiger partial charge on any atom is 0.0446 e. The zero-order valence-electron chi connectivity index (χ0n) is 12.6. The summed E-state index contributed by atoms with van der Waals surface area (Å²) in [6.45, 7) is 5.59. The van der Waals surface area contributed by atoms with E-state index in [1.165, 1.54) is 31.4 Å². The normalized spacial score (nSPS) is 21.8. The Kier molecular flexibility index (Phi) is 6.51. The van der Waals surface area contributed by atoms with Crippen molar-refractivity contribution in [3.8, 4) is 0 Å². The highest BCUT2D eigenvalue weighted by molar-refractivity contribution is 5.14. The summed E-state index contributed by atoms with van der Waals surface area (Å²) in [5.41, 5.74) is 1.39. The molecule has 112 valence electrons. The van der Waals surface area contributed by atoms with Gasteiger partial charge in [-0.3, -0.25) is 4.90 Å². The molecule has 1 fully saturated rings. The highest BCUT2D eigenvalue weighted by Gasteiger charge is 2.28. The molecule has 1 aromatic carbocycles. The standard InChI is InChI=1S/C17H28N2O/c1-2-18-16(11-13-20)17-10-6-7-12-19(17)14-15-8-4-3-5-9-15/h3-5,8-9,16-18,20H,2,6-7,10-14H2,1H3. The molecule has 0 bridgehead atoms. The van der Waals surface area contributed by atoms with Gasteiger partial charge in [0.2, 0.25) is 0 Å². The largest absolute Gasteiger partial charge is 0.396 e. The molecule has 3 nitrogen and oxygen atoms in total. The van der Waals surface area contributed by atoms with Crippen molar-refractivity contribution in [2.75, 3.05) is 19.7 Å². The van der Waals surface area contributed by atoms with Gasteiger partial charge in [-0.15, -0.1) is 0 Å². The lowest BCUT2D eigenvalue weighted by Crippen LogP contribution is -2.52. The lowest BCUT2D eigenvalue weighted by atomic mass is 9.93. The molecule has 0 spiro atoms. The number of benzene rings is 1. The first-order valence-corrected chi connectivity index (χ1v) is 7.97. The SMILES string of the molecule is CCNC(CCO)C1CCCCN1Cc1ccccc1. The van der Waals surface area contributed by atoms with Gasteiger partial charge in [0.15, 0.2) is 0 Å². The molecule has 0 radical (unpaired) electrons. The third-order valence-corrected chi connectivity index (χ3v) is 4.26. The van der Waals surface area contributed by atoms with E-state index < -0.39 is 0 Å². The van der Waals surface area contributed by atoms with Gasteiger partial charge >= 0.3 is 0 Å². The van der Waals surface area contributed by atoms with Crippen LogP contribution < -0.4 is 5.32 Å². The minimum Gasteiger partial charge on any atom is -0.396 e. The Morgan fingerprint density at radius 3 is 2.80 bits per heavy atom. The Morgan fingerprint density at radius 2 is 2.10 bits per heavy atom. The second-order valence-electron chi connectivity index (χ2n) is 5.70. The van der Waals surface area contributed by atoms with Crippen molar-refractivity contribution >= 4 is 0 Å². The van der Waals surface area contributed by atoms with E-state index in [0.717, 1.165) is 19.5 Å². The molecule has 1 aromatic rings. The van der Waals surface area contributed by atoms with Crippen molar-refractivity contribution in [2.24, 2.45) is 0 Å². The van der Waals surface area contributed by atoms with Crippen molar-refractivity contribution in [1.29, 1.82) is 0 Å². The van der Waals surface area contributed by atoms with Crippen molar-refractivity contribution in [2.45, 2.75) is 51.2 Å². The monoisotopic (exact) mass is 276 g/mol. The first kappa shape index (κ1) is 15.5. The molecular formula is C17H28N2O. The van der Waals surface area contributed by atoms with E-state index in [4.69, 9.17) is 0 Å². The van der Waals surface area contributed by atoms with Crippen LogP contribution in [0, 0.1) is 0 Å². The third-order valence-electron chi connectivity index (χ3n) is 4.26. The number of likely N-dealkylation sites (N-methyl/N-ethyl adjacent to an activating group) is 1. The van der Waals surface area contributed by atoms with Crippen LogP contribution in [0.1, 0.15) is 38.2 Å². The van der Waals surface area contributed by atoms with Crippen LogP contribution in [-0.2, 0) is 6.54 Å². The molecule has 0 saturated carbocycles. The molecule has 1 saturated heterocycles. The van der Waals surface area contributed by atoms with Crippen molar-refractivity contribution in [3.05, 3.63) is 35.9 Å². The lowest BCUT2D eigenvalue weighted by Gasteiger charge is -2.40. The lowest BCUT2D eigenvalue weighted by molar-refractivity contribution is 0.0955. The van der Waals surface area contributed by atoms with E-state index in [1.807, 2.05) is 0 Å². The van der Waals surface area contributed by atoms with Crippen molar-refractivity contribution in [3.63, 3.8) is 0 Å². The van der Waals surface area contributed by atoms with Crippen LogP contribution in [-0.4, -0.2) is 41.8 Å². The predicted octanol–water partition coefficient (Wildman–Crippen LogP) is 2.40. The Bertz CT molecular complexity index is 363. The van der Waals surface area contributed by atoms with Crippen molar-refractivity contribution in [1.82, 2.24) is 10.2 Å². The topological polar surface area (TPSA) is 35.5 Å². The molecule has 2 unspecified atom stereocenters. The minimum absolute atomic E-state index is 0.271. The summed E-state index contributed by atoms with van der Waals surface area (Å²) in [6, 6.07) is 11.7. The number of nitrogens with one attached hydrogen (secondary N) is 1. The summed E-state index contributed by atoms with van der Waals surface area (Å²) >= 11 is 0. The van der Waals surface area contributed by atoms with Crippen LogP contribution in [0.3, 0.4) is 0 Å². The second kappa shape index (κ2) is 8.40. The van der Waals surface area contributed by atoms with E-state index in [-0.39, 0.29) is 6.61 Å². The molecule has 1 aliphatic rings. The number of aliphatic hydroxyl groups is 1. The van der Waals surface area contributed by atoms with E-state index in [0.29, 0.717) is 12.1 Å². The van der Waals surface area contributed by atoms with E-state index >= 15 is 0 Å². The maximum absolute atomic E-state index is 9.31. The number of hydrogen-bond acceptors (Lipinski definition) is 3. The number of rotatable bonds is 7. The molecule has 20 heavy (non-hydrogen) atoms. The molecule has 1 heterocycles. The fourth-order valence-electron chi connectivity index (χ4n) is 3.32. The summed E-state index contributed by atoms with van der Waals surface area (Å²) in [4.78, 5) is 2.60. The van der Waals surface area contributed by atoms with Crippen LogP contribution in [0.5, 0.6) is 0 Å². The van der Waals surface area contributed by atoms with E-state index in [1.54, 1.807) is 0 Å². The highest BCUT2D eigenvalue weighted by atomic mass is 16.3. The van der Waals surface area contributed by atoms with Gasteiger partial charge < -0.3 is 10.4 Å². The molecular weight excluding hydrogens is 248 g/mol. The zero-order chi connectivity index (χ0) is 14.2. The summed E-state index contributed by atoms with van der Waals surface area (Å²) < 4.78 is 0. The Labute approximate surface area is 123 Å². The van der Waals surface area contributed by atoms with Gasteiger partial charge in [0, 0.05) is 25.2 Å². The van der Waals surface area contributed by atoms with E-state index in [9.17, 15) is 5.11 Å². The molecule has 0 aromatic heterocycles. The Morgan fingerprint density at radius 1 is 1.30 bits per heavy atom. The van der Waals surface area contributed by atoms with Crippen LogP contribution in [0.25, 0.3) is 0 Å². The van der Waals surface area contributed by atoms with Gasteiger partial charge in [0.1, 0.15) is 0 Å². The molecule has 2 N–H and O–H groups in total. The van der Waals surface area contributed by atoms with Gasteiger partial charge in [0.05, 0.1) is 0 Å². The van der Waals surface area contributed by atoms with Crippen LogP contribution >= 0.6 is 0 Å². The van der Waals surface area contributed by atoms with Crippen LogP contribution in [0.4, 0.5) is 0 Å². The van der Waals surface area contributed by atoms with Crippen LogP contribution in [0.15, 0.2) is 30.3 Å². The number of hydrogen-bond donors (Lipinski definition) is 2. The molecule has 2 atom stereocenters. The molecule has 2 rings (SSSR count). The first-order chi connectivity index (χ1) is 9.85. The first-order valence-electron chi connectivity index (χ1n) is 7.97. The average Bonchev–Trinajstić information content (AvgIpc) is 2.49. The van der Waals surface area contributed by atoms with E-state index in [2.05, 4.69) is 47.5 Å². The summed E-state index contributed by atoms with van der Waals surface area (Å²) in [5.74, 6) is 0. The van der Waals surface area contributed by atoms with Gasteiger partial charge in [-0.1, -0.05) is 43.7 Å². The molecule has 0 aliphatic carbocycles. The highest BCUT2D eigenvalue weighted by Crippen LogP contribution is 2.23. The molecule has 3 heteroatoms. The molecule has 1 aliphatic heterocycles. The van der Waals surface area contributed by atoms with Gasteiger partial charge in [-0.05, 0) is 37.9 Å².